The Morgan fingerprint density at radius 2 is 1.94 bits per heavy atom. The zero-order valence-corrected chi connectivity index (χ0v) is 9.26. The van der Waals surface area contributed by atoms with Gasteiger partial charge in [-0.3, -0.25) is 0 Å². The predicted octanol–water partition coefficient (Wildman–Crippen LogP) is 0.876. The number of pyridine rings is 1. The van der Waals surface area contributed by atoms with Crippen molar-refractivity contribution in [2.24, 2.45) is 0 Å². The number of nitrogens with zero attached hydrogens (tertiary/aromatic N) is 1. The first-order valence-corrected chi connectivity index (χ1v) is 5.17. The highest BCUT2D eigenvalue weighted by molar-refractivity contribution is 6.58. The number of benzene rings is 1. The van der Waals surface area contributed by atoms with E-state index in [1.54, 1.807) is 6.07 Å². The van der Waals surface area contributed by atoms with Gasteiger partial charge in [0.25, 0.3) is 0 Å². The molecule has 0 unspecified atom stereocenters. The summed E-state index contributed by atoms with van der Waals surface area (Å²) in [4.78, 5) is 3.72. The molecule has 0 saturated heterocycles. The average Bonchev–Trinajstić information content (AvgIpc) is 2.28. The highest BCUT2D eigenvalue weighted by Gasteiger charge is 2.17. The number of aromatic nitrogens is 1. The van der Waals surface area contributed by atoms with Crippen LogP contribution in [-0.2, 0) is 0 Å². The van der Waals surface area contributed by atoms with Crippen molar-refractivity contribution >= 4 is 12.6 Å². The lowest BCUT2D eigenvalue weighted by molar-refractivity contribution is 0.422. The van der Waals surface area contributed by atoms with Gasteiger partial charge in [0.2, 0.25) is 5.95 Å². The van der Waals surface area contributed by atoms with Crippen LogP contribution >= 0.6 is 0 Å². The van der Waals surface area contributed by atoms with Gasteiger partial charge in [-0.25, -0.2) is 4.98 Å². The molecule has 0 aliphatic heterocycles. The third-order valence-corrected chi connectivity index (χ3v) is 2.47. The summed E-state index contributed by atoms with van der Waals surface area (Å²) in [5.41, 5.74) is 2.09. The Hall–Kier alpha value is -1.72. The van der Waals surface area contributed by atoms with Crippen molar-refractivity contribution < 1.29 is 14.4 Å². The van der Waals surface area contributed by atoms with E-state index in [4.69, 9.17) is 10.0 Å². The molecule has 1 aromatic carbocycles. The van der Waals surface area contributed by atoms with E-state index in [1.807, 2.05) is 31.2 Å². The van der Waals surface area contributed by atoms with E-state index >= 15 is 0 Å². The molecule has 2 N–H and O–H groups in total. The van der Waals surface area contributed by atoms with Crippen LogP contribution in [0.15, 0.2) is 36.4 Å². The van der Waals surface area contributed by atoms with Crippen molar-refractivity contribution in [1.82, 2.24) is 4.98 Å². The van der Waals surface area contributed by atoms with E-state index in [-0.39, 0.29) is 5.46 Å². The van der Waals surface area contributed by atoms with Gasteiger partial charge in [0.05, 0.1) is 5.69 Å². The van der Waals surface area contributed by atoms with Crippen LogP contribution in [0.4, 0.5) is 4.39 Å². The Labute approximate surface area is 98.7 Å². The van der Waals surface area contributed by atoms with Gasteiger partial charge in [-0.1, -0.05) is 29.8 Å². The van der Waals surface area contributed by atoms with E-state index < -0.39 is 13.1 Å². The average molecular weight is 231 g/mol. The molecule has 0 spiro atoms. The fourth-order valence-electron chi connectivity index (χ4n) is 1.60. The van der Waals surface area contributed by atoms with Gasteiger partial charge in [-0.15, -0.1) is 0 Å². The third kappa shape index (κ3) is 2.51. The summed E-state index contributed by atoms with van der Waals surface area (Å²) >= 11 is 0. The molecular weight excluding hydrogens is 220 g/mol. The summed E-state index contributed by atoms with van der Waals surface area (Å²) in [5.74, 6) is -0.862. The summed E-state index contributed by atoms with van der Waals surface area (Å²) < 4.78 is 13.5. The summed E-state index contributed by atoms with van der Waals surface area (Å²) in [7, 11) is -1.84. The Balaban J connectivity index is 2.44. The fourth-order valence-corrected chi connectivity index (χ4v) is 1.60. The number of hydrogen-bond donors (Lipinski definition) is 2. The van der Waals surface area contributed by atoms with Crippen LogP contribution in [0.1, 0.15) is 5.56 Å². The van der Waals surface area contributed by atoms with Gasteiger partial charge in [-0.05, 0) is 19.1 Å². The minimum absolute atomic E-state index is 0.221. The van der Waals surface area contributed by atoms with Crippen LogP contribution in [0.3, 0.4) is 0 Å². The van der Waals surface area contributed by atoms with E-state index in [0.29, 0.717) is 5.69 Å². The SMILES string of the molecule is Cc1cccc(-c2ccc(B(O)O)c(F)n2)c1. The minimum Gasteiger partial charge on any atom is -0.423 e. The fraction of sp³-hybridized carbons (Fsp3) is 0.0833. The molecular formula is C12H11BFNO2. The predicted molar refractivity (Wildman–Crippen MR) is 64.2 cm³/mol. The topological polar surface area (TPSA) is 53.4 Å². The maximum absolute atomic E-state index is 13.5. The van der Waals surface area contributed by atoms with Crippen LogP contribution in [0.5, 0.6) is 0 Å². The summed E-state index contributed by atoms with van der Waals surface area (Å²) in [6.07, 6.45) is 0. The normalized spacial score (nSPS) is 10.4. The highest BCUT2D eigenvalue weighted by atomic mass is 19.1. The lowest BCUT2D eigenvalue weighted by Crippen LogP contribution is -2.33. The van der Waals surface area contributed by atoms with E-state index in [2.05, 4.69) is 4.98 Å². The number of halogens is 1. The molecule has 0 bridgehead atoms. The molecule has 5 heteroatoms. The molecule has 0 aliphatic carbocycles. The van der Waals surface area contributed by atoms with E-state index in [9.17, 15) is 4.39 Å². The first kappa shape index (κ1) is 11.8. The van der Waals surface area contributed by atoms with E-state index in [0.717, 1.165) is 11.1 Å². The second kappa shape index (κ2) is 4.65. The van der Waals surface area contributed by atoms with Crippen molar-refractivity contribution in [3.63, 3.8) is 0 Å². The largest absolute Gasteiger partial charge is 0.493 e. The molecule has 0 aliphatic rings. The standard InChI is InChI=1S/C12H11BFNO2/c1-8-3-2-4-9(7-8)11-6-5-10(13(16)17)12(14)15-11/h2-7,16-17H,1H3. The molecule has 17 heavy (non-hydrogen) atoms. The van der Waals surface area contributed by atoms with E-state index in [1.165, 1.54) is 6.07 Å². The molecule has 0 amide bonds. The summed E-state index contributed by atoms with van der Waals surface area (Å²) in [5, 5.41) is 17.8. The van der Waals surface area contributed by atoms with Gasteiger partial charge in [-0.2, -0.15) is 4.39 Å². The molecule has 1 heterocycles. The Morgan fingerprint density at radius 3 is 2.53 bits per heavy atom. The lowest BCUT2D eigenvalue weighted by atomic mass is 9.81. The van der Waals surface area contributed by atoms with Gasteiger partial charge in [0.1, 0.15) is 0 Å². The Morgan fingerprint density at radius 1 is 1.18 bits per heavy atom. The van der Waals surface area contributed by atoms with Gasteiger partial charge in [0, 0.05) is 11.0 Å². The molecule has 0 radical (unpaired) electrons. The molecule has 2 rings (SSSR count). The first-order chi connectivity index (χ1) is 8.08. The third-order valence-electron chi connectivity index (χ3n) is 2.47. The van der Waals surface area contributed by atoms with Crippen molar-refractivity contribution in [3.05, 3.63) is 47.9 Å². The molecule has 3 nitrogen and oxygen atoms in total. The molecule has 0 fully saturated rings. The molecule has 1 aromatic heterocycles. The Kier molecular flexibility index (Phi) is 3.22. The maximum atomic E-state index is 13.5. The lowest BCUT2D eigenvalue weighted by Gasteiger charge is -2.05. The van der Waals surface area contributed by atoms with Crippen LogP contribution in [0.25, 0.3) is 11.3 Å². The van der Waals surface area contributed by atoms with Crippen LogP contribution in [-0.4, -0.2) is 22.2 Å². The van der Waals surface area contributed by atoms with Gasteiger partial charge in [0.15, 0.2) is 0 Å². The number of aryl methyl sites for hydroxylation is 1. The van der Waals surface area contributed by atoms with Crippen molar-refractivity contribution in [1.29, 1.82) is 0 Å². The zero-order valence-electron chi connectivity index (χ0n) is 9.26. The van der Waals surface area contributed by atoms with Crippen LogP contribution in [0.2, 0.25) is 0 Å². The Bertz CT molecular complexity index is 546. The second-order valence-corrected chi connectivity index (χ2v) is 3.82. The van der Waals surface area contributed by atoms with Gasteiger partial charge >= 0.3 is 7.12 Å². The zero-order chi connectivity index (χ0) is 12.4. The number of hydrogen-bond acceptors (Lipinski definition) is 3. The minimum atomic E-state index is -1.84. The molecule has 86 valence electrons. The highest BCUT2D eigenvalue weighted by Crippen LogP contribution is 2.17. The summed E-state index contributed by atoms with van der Waals surface area (Å²) in [6.45, 7) is 1.94. The van der Waals surface area contributed by atoms with Gasteiger partial charge < -0.3 is 10.0 Å². The van der Waals surface area contributed by atoms with Crippen LogP contribution in [0, 0.1) is 12.9 Å². The van der Waals surface area contributed by atoms with Crippen molar-refractivity contribution in [2.75, 3.05) is 0 Å². The quantitative estimate of drug-likeness (QED) is 0.595. The van der Waals surface area contributed by atoms with Crippen LogP contribution < -0.4 is 5.46 Å². The monoisotopic (exact) mass is 231 g/mol. The second-order valence-electron chi connectivity index (χ2n) is 3.82. The first-order valence-electron chi connectivity index (χ1n) is 5.17. The maximum Gasteiger partial charge on any atom is 0.493 e. The number of rotatable bonds is 2. The smallest absolute Gasteiger partial charge is 0.423 e. The molecule has 0 saturated carbocycles. The molecule has 2 aromatic rings. The molecule has 0 atom stereocenters. The van der Waals surface area contributed by atoms with Crippen molar-refractivity contribution in [3.8, 4) is 11.3 Å². The summed E-state index contributed by atoms with van der Waals surface area (Å²) in [6, 6.07) is 10.4. The van der Waals surface area contributed by atoms with Crippen molar-refractivity contribution in [2.45, 2.75) is 6.92 Å².